The van der Waals surface area contributed by atoms with Crippen LogP contribution in [0.4, 0.5) is 0 Å². The molecular weight excluding hydrogens is 258 g/mol. The molecule has 6 heteroatoms. The zero-order chi connectivity index (χ0) is 13.1. The van der Waals surface area contributed by atoms with Crippen LogP contribution in [0.3, 0.4) is 0 Å². The molecule has 1 aliphatic heterocycles. The number of rotatable bonds is 3. The van der Waals surface area contributed by atoms with E-state index in [-0.39, 0.29) is 0 Å². The van der Waals surface area contributed by atoms with E-state index < -0.39 is 0 Å². The normalized spacial score (nSPS) is 18.4. The third-order valence-electron chi connectivity index (χ3n) is 3.03. The Morgan fingerprint density at radius 2 is 2.21 bits per heavy atom. The van der Waals surface area contributed by atoms with Gasteiger partial charge < -0.3 is 9.88 Å². The summed E-state index contributed by atoms with van der Waals surface area (Å²) in [6.45, 7) is 1.49. The van der Waals surface area contributed by atoms with Gasteiger partial charge in [-0.05, 0) is 5.56 Å². The second-order valence-electron chi connectivity index (χ2n) is 4.37. The van der Waals surface area contributed by atoms with Crippen LogP contribution in [0.5, 0.6) is 0 Å². The summed E-state index contributed by atoms with van der Waals surface area (Å²) in [4.78, 5) is 4.53. The van der Waals surface area contributed by atoms with Crippen molar-refractivity contribution < 1.29 is 0 Å². The summed E-state index contributed by atoms with van der Waals surface area (Å²) in [6.07, 6.45) is 1.70. The third kappa shape index (κ3) is 2.78. The van der Waals surface area contributed by atoms with Crippen LogP contribution in [0.15, 0.2) is 41.7 Å². The van der Waals surface area contributed by atoms with Crippen LogP contribution in [0.1, 0.15) is 16.6 Å². The first kappa shape index (κ1) is 12.2. The highest BCUT2D eigenvalue weighted by atomic mass is 32.2. The lowest BCUT2D eigenvalue weighted by Gasteiger charge is -2.09. The van der Waals surface area contributed by atoms with Gasteiger partial charge in [0.25, 0.3) is 0 Å². The van der Waals surface area contributed by atoms with Gasteiger partial charge in [0.05, 0.1) is 18.3 Å². The smallest absolute Gasteiger partial charge is 0.157 e. The number of nitrogens with one attached hydrogen (secondary N) is 1. The molecule has 3 rings (SSSR count). The molecule has 1 aliphatic rings. The largest absolute Gasteiger partial charge is 0.358 e. The predicted molar refractivity (Wildman–Crippen MR) is 76.9 cm³/mol. The zero-order valence-electron chi connectivity index (χ0n) is 10.7. The average Bonchev–Trinajstić information content (AvgIpc) is 3.06. The molecule has 0 saturated carbocycles. The van der Waals surface area contributed by atoms with Crippen LogP contribution < -0.4 is 5.32 Å². The van der Waals surface area contributed by atoms with Crippen molar-refractivity contribution in [1.82, 2.24) is 20.1 Å². The number of amidine groups is 1. The Kier molecular flexibility index (Phi) is 3.50. The van der Waals surface area contributed by atoms with Crippen molar-refractivity contribution in [1.29, 1.82) is 0 Å². The van der Waals surface area contributed by atoms with Gasteiger partial charge in [-0.1, -0.05) is 42.1 Å². The summed E-state index contributed by atoms with van der Waals surface area (Å²) in [5.74, 6) is 0.909. The molecule has 0 radical (unpaired) electrons. The number of hydrogen-bond donors (Lipinski definition) is 1. The predicted octanol–water partition coefficient (Wildman–Crippen LogP) is 1.75. The van der Waals surface area contributed by atoms with Crippen LogP contribution in [0, 0.1) is 0 Å². The minimum atomic E-state index is 0.420. The third-order valence-corrected chi connectivity index (χ3v) is 4.23. The van der Waals surface area contributed by atoms with Gasteiger partial charge >= 0.3 is 0 Å². The second kappa shape index (κ2) is 5.44. The summed E-state index contributed by atoms with van der Waals surface area (Å²) in [5, 5.41) is 12.6. The molecule has 0 amide bonds. The fraction of sp³-hybridized carbons (Fsp3) is 0.308. The van der Waals surface area contributed by atoms with E-state index in [0.29, 0.717) is 11.8 Å². The van der Waals surface area contributed by atoms with Crippen molar-refractivity contribution >= 4 is 16.9 Å². The van der Waals surface area contributed by atoms with Gasteiger partial charge in [0.15, 0.2) is 11.0 Å². The van der Waals surface area contributed by atoms with E-state index in [1.54, 1.807) is 18.1 Å². The molecule has 1 aromatic heterocycles. The lowest BCUT2D eigenvalue weighted by atomic mass is 10.1. The molecule has 5 nitrogen and oxygen atoms in total. The number of nitrogens with zero attached hydrogens (tertiary/aromatic N) is 4. The van der Waals surface area contributed by atoms with Gasteiger partial charge in [-0.25, -0.2) is 0 Å². The summed E-state index contributed by atoms with van der Waals surface area (Å²) in [7, 11) is 1.94. The van der Waals surface area contributed by atoms with Crippen LogP contribution in [-0.2, 0) is 13.6 Å². The highest BCUT2D eigenvalue weighted by Gasteiger charge is 2.21. The number of aliphatic imine (C=N–C) groups is 1. The molecule has 1 atom stereocenters. The molecule has 0 aliphatic carbocycles. The van der Waals surface area contributed by atoms with E-state index in [1.165, 1.54) is 5.56 Å². The van der Waals surface area contributed by atoms with Crippen molar-refractivity contribution in [3.63, 3.8) is 0 Å². The molecule has 0 fully saturated rings. The minimum absolute atomic E-state index is 0.420. The number of benzene rings is 1. The Morgan fingerprint density at radius 3 is 2.95 bits per heavy atom. The van der Waals surface area contributed by atoms with Gasteiger partial charge in [0.1, 0.15) is 6.33 Å². The maximum Gasteiger partial charge on any atom is 0.157 e. The van der Waals surface area contributed by atoms with E-state index in [1.807, 2.05) is 17.7 Å². The number of aryl methyl sites for hydroxylation is 1. The van der Waals surface area contributed by atoms with Gasteiger partial charge in [-0.3, -0.25) is 4.99 Å². The Morgan fingerprint density at radius 1 is 1.37 bits per heavy atom. The summed E-state index contributed by atoms with van der Waals surface area (Å²) < 4.78 is 1.90. The van der Waals surface area contributed by atoms with Gasteiger partial charge in [-0.2, -0.15) is 0 Å². The molecule has 98 valence electrons. The van der Waals surface area contributed by atoms with Gasteiger partial charge in [0, 0.05) is 7.05 Å². The standard InChI is InChI=1S/C13H15N5S/c1-18-9-16-17-12(18)8-15-13-14-7-11(19-13)10-5-3-2-4-6-10/h2-6,9,11H,7-8H2,1H3,(H,14,15). The van der Waals surface area contributed by atoms with Crippen molar-refractivity contribution in [3.8, 4) is 0 Å². The summed E-state index contributed by atoms with van der Waals surface area (Å²) in [6, 6.07) is 10.5. The second-order valence-corrected chi connectivity index (χ2v) is 5.57. The van der Waals surface area contributed by atoms with Crippen molar-refractivity contribution in [2.45, 2.75) is 11.8 Å². The number of aromatic nitrogens is 3. The molecule has 2 heterocycles. The lowest BCUT2D eigenvalue weighted by Crippen LogP contribution is -2.20. The van der Waals surface area contributed by atoms with Crippen molar-refractivity contribution in [2.75, 3.05) is 6.54 Å². The molecule has 19 heavy (non-hydrogen) atoms. The fourth-order valence-electron chi connectivity index (χ4n) is 1.94. The average molecular weight is 273 g/mol. The van der Waals surface area contributed by atoms with Crippen LogP contribution >= 0.6 is 11.8 Å². The van der Waals surface area contributed by atoms with Crippen molar-refractivity contribution in [3.05, 3.63) is 48.0 Å². The lowest BCUT2D eigenvalue weighted by molar-refractivity contribution is 0.752. The Hall–Kier alpha value is -1.82. The summed E-state index contributed by atoms with van der Waals surface area (Å²) >= 11 is 1.77. The maximum atomic E-state index is 4.53. The van der Waals surface area contributed by atoms with E-state index in [9.17, 15) is 0 Å². The quantitative estimate of drug-likeness (QED) is 0.925. The Bertz CT molecular complexity index is 578. The van der Waals surface area contributed by atoms with Gasteiger partial charge in [0.2, 0.25) is 0 Å². The van der Waals surface area contributed by atoms with Crippen LogP contribution in [-0.4, -0.2) is 26.5 Å². The van der Waals surface area contributed by atoms with E-state index >= 15 is 0 Å². The topological polar surface area (TPSA) is 55.1 Å². The number of thioether (sulfide) groups is 1. The number of hydrogen-bond acceptors (Lipinski definition) is 5. The Labute approximate surface area is 116 Å². The molecule has 1 aromatic carbocycles. The molecule has 1 unspecified atom stereocenters. The maximum absolute atomic E-state index is 4.53. The van der Waals surface area contributed by atoms with Gasteiger partial charge in [-0.15, -0.1) is 10.2 Å². The molecular formula is C13H15N5S. The Balaban J connectivity index is 1.56. The van der Waals surface area contributed by atoms with Crippen molar-refractivity contribution in [2.24, 2.45) is 12.0 Å². The highest BCUT2D eigenvalue weighted by Crippen LogP contribution is 2.34. The molecule has 2 aromatic rings. The van der Waals surface area contributed by atoms with Crippen LogP contribution in [0.25, 0.3) is 0 Å². The molecule has 0 bridgehead atoms. The summed E-state index contributed by atoms with van der Waals surface area (Å²) in [5.41, 5.74) is 1.33. The van der Waals surface area contributed by atoms with Crippen LogP contribution in [0.2, 0.25) is 0 Å². The molecule has 0 saturated heterocycles. The monoisotopic (exact) mass is 273 g/mol. The fourth-order valence-corrected chi connectivity index (χ4v) is 2.95. The zero-order valence-corrected chi connectivity index (χ0v) is 11.5. The first-order valence-electron chi connectivity index (χ1n) is 6.16. The first-order valence-corrected chi connectivity index (χ1v) is 7.03. The first-order chi connectivity index (χ1) is 9.33. The van der Waals surface area contributed by atoms with E-state index in [4.69, 9.17) is 0 Å². The highest BCUT2D eigenvalue weighted by molar-refractivity contribution is 8.14. The minimum Gasteiger partial charge on any atom is -0.358 e. The van der Waals surface area contributed by atoms with E-state index in [0.717, 1.165) is 17.5 Å². The SMILES string of the molecule is Cn1cnnc1CNC1=NCC(c2ccccc2)S1. The van der Waals surface area contributed by atoms with E-state index in [2.05, 4.69) is 44.8 Å². The molecule has 0 spiro atoms. The molecule has 1 N–H and O–H groups in total.